The number of aliphatic hydroxyl groups excluding tert-OH is 1. The summed E-state index contributed by atoms with van der Waals surface area (Å²) in [5.41, 5.74) is 0.630. The van der Waals surface area contributed by atoms with E-state index in [0.717, 1.165) is 0 Å². The molecule has 4 N–H and O–H groups in total. The van der Waals surface area contributed by atoms with Crippen molar-refractivity contribution in [2.75, 3.05) is 25.6 Å². The monoisotopic (exact) mass is 529 g/mol. The highest BCUT2D eigenvalue weighted by Gasteiger charge is 2.37. The molecule has 0 aliphatic heterocycles. The van der Waals surface area contributed by atoms with Crippen LogP contribution in [0.25, 0.3) is 0 Å². The highest BCUT2D eigenvalue weighted by molar-refractivity contribution is 5.99. The number of phenols is 1. The summed E-state index contributed by atoms with van der Waals surface area (Å²) in [5, 5.41) is 25.4. The molecule has 0 fully saturated rings. The first-order valence-corrected chi connectivity index (χ1v) is 12.4. The summed E-state index contributed by atoms with van der Waals surface area (Å²) in [7, 11) is 1.53. The number of rotatable bonds is 10. The number of nitrogens with zero attached hydrogens (tertiary/aromatic N) is 1. The number of aliphatic hydroxyl groups is 1. The summed E-state index contributed by atoms with van der Waals surface area (Å²) in [4.78, 5) is 41.3. The molecule has 208 valence electrons. The highest BCUT2D eigenvalue weighted by atomic mass is 16.6. The van der Waals surface area contributed by atoms with E-state index in [-0.39, 0.29) is 18.2 Å². The molecule has 38 heavy (non-hydrogen) atoms. The molecule has 2 rings (SSSR count). The number of amides is 3. The second-order valence-electron chi connectivity index (χ2n) is 10.3. The third-order valence-electron chi connectivity index (χ3n) is 5.68. The molecular weight excluding hydrogens is 490 g/mol. The lowest BCUT2D eigenvalue weighted by molar-refractivity contribution is -0.142. The number of ether oxygens (including phenoxy) is 2. The first kappa shape index (κ1) is 30.4. The molecular formula is C28H39N3O7. The number of aromatic hydroxyl groups is 1. The second kappa shape index (κ2) is 13.1. The predicted molar refractivity (Wildman–Crippen MR) is 144 cm³/mol. The van der Waals surface area contributed by atoms with Crippen molar-refractivity contribution < 1.29 is 34.1 Å². The summed E-state index contributed by atoms with van der Waals surface area (Å²) < 4.78 is 10.5. The largest absolute Gasteiger partial charge is 0.508 e. The fraction of sp³-hybridized carbons (Fsp3) is 0.464. The van der Waals surface area contributed by atoms with Crippen LogP contribution in [0.4, 0.5) is 10.5 Å². The Bertz CT molecular complexity index is 1110. The maximum atomic E-state index is 13.9. The SMILES string of the molecule is COc1ccc(NC(=O)C(c2ccc(O)c(C)c2)N(CCO)C(=O)C(NC(=O)OC(C)(C)C)C(C)C)cc1. The van der Waals surface area contributed by atoms with Gasteiger partial charge in [0.25, 0.3) is 5.91 Å². The van der Waals surface area contributed by atoms with Gasteiger partial charge in [0.1, 0.15) is 29.2 Å². The lowest BCUT2D eigenvalue weighted by atomic mass is 9.97. The van der Waals surface area contributed by atoms with Crippen LogP contribution in [0.2, 0.25) is 0 Å². The van der Waals surface area contributed by atoms with Crippen molar-refractivity contribution >= 4 is 23.6 Å². The summed E-state index contributed by atoms with van der Waals surface area (Å²) in [6.45, 7) is 9.72. The molecule has 0 aliphatic carbocycles. The number of carbonyl (C=O) groups is 3. The third kappa shape index (κ3) is 8.37. The van der Waals surface area contributed by atoms with Crippen LogP contribution in [0.1, 0.15) is 51.8 Å². The van der Waals surface area contributed by atoms with E-state index in [2.05, 4.69) is 10.6 Å². The first-order chi connectivity index (χ1) is 17.8. The molecule has 0 radical (unpaired) electrons. The van der Waals surface area contributed by atoms with Crippen LogP contribution in [0.5, 0.6) is 11.5 Å². The van der Waals surface area contributed by atoms with Crippen molar-refractivity contribution in [2.24, 2.45) is 5.92 Å². The molecule has 0 saturated heterocycles. The number of anilines is 1. The summed E-state index contributed by atoms with van der Waals surface area (Å²) in [5.74, 6) is -0.820. The molecule has 0 aliphatic rings. The van der Waals surface area contributed by atoms with Gasteiger partial charge in [-0.15, -0.1) is 0 Å². The number of aryl methyl sites for hydroxylation is 1. The van der Waals surface area contributed by atoms with Gasteiger partial charge in [-0.3, -0.25) is 9.59 Å². The van der Waals surface area contributed by atoms with Crippen molar-refractivity contribution in [3.05, 3.63) is 53.6 Å². The normalized spacial score (nSPS) is 12.9. The average molecular weight is 530 g/mol. The van der Waals surface area contributed by atoms with Gasteiger partial charge >= 0.3 is 6.09 Å². The molecule has 2 aromatic rings. The molecule has 0 heterocycles. The van der Waals surface area contributed by atoms with E-state index < -0.39 is 42.2 Å². The minimum absolute atomic E-state index is 0.0368. The van der Waals surface area contributed by atoms with E-state index in [1.54, 1.807) is 77.9 Å². The zero-order valence-electron chi connectivity index (χ0n) is 23.1. The van der Waals surface area contributed by atoms with E-state index >= 15 is 0 Å². The van der Waals surface area contributed by atoms with Crippen LogP contribution in [-0.2, 0) is 14.3 Å². The van der Waals surface area contributed by atoms with E-state index in [0.29, 0.717) is 22.6 Å². The van der Waals surface area contributed by atoms with Gasteiger partial charge in [-0.2, -0.15) is 0 Å². The zero-order chi connectivity index (χ0) is 28.6. The van der Waals surface area contributed by atoms with Crippen LogP contribution in [-0.4, -0.2) is 64.9 Å². The molecule has 2 unspecified atom stereocenters. The number of hydrogen-bond acceptors (Lipinski definition) is 7. The molecule has 0 spiro atoms. The molecule has 10 nitrogen and oxygen atoms in total. The summed E-state index contributed by atoms with van der Waals surface area (Å²) in [6.07, 6.45) is -0.770. The Hall–Kier alpha value is -3.79. The lowest BCUT2D eigenvalue weighted by Crippen LogP contribution is -2.55. The van der Waals surface area contributed by atoms with Crippen molar-refractivity contribution in [3.63, 3.8) is 0 Å². The first-order valence-electron chi connectivity index (χ1n) is 12.4. The van der Waals surface area contributed by atoms with Crippen LogP contribution in [0.3, 0.4) is 0 Å². The van der Waals surface area contributed by atoms with Crippen molar-refractivity contribution in [2.45, 2.75) is 59.2 Å². The average Bonchev–Trinajstić information content (AvgIpc) is 2.83. The van der Waals surface area contributed by atoms with Gasteiger partial charge in [0.05, 0.1) is 13.7 Å². The molecule has 0 saturated carbocycles. The minimum atomic E-state index is -1.18. The fourth-order valence-corrected chi connectivity index (χ4v) is 3.81. The van der Waals surface area contributed by atoms with E-state index in [1.165, 1.54) is 18.1 Å². The highest BCUT2D eigenvalue weighted by Crippen LogP contribution is 2.29. The van der Waals surface area contributed by atoms with Gasteiger partial charge in [-0.25, -0.2) is 4.79 Å². The topological polar surface area (TPSA) is 137 Å². The fourth-order valence-electron chi connectivity index (χ4n) is 3.81. The summed E-state index contributed by atoms with van der Waals surface area (Å²) in [6, 6.07) is 9.07. The Morgan fingerprint density at radius 2 is 1.68 bits per heavy atom. The summed E-state index contributed by atoms with van der Waals surface area (Å²) >= 11 is 0. The zero-order valence-corrected chi connectivity index (χ0v) is 23.1. The number of phenolic OH excluding ortho intramolecular Hbond substituents is 1. The molecule has 0 aromatic heterocycles. The van der Waals surface area contributed by atoms with Gasteiger partial charge in [-0.05, 0) is 81.1 Å². The number of methoxy groups -OCH3 is 1. The van der Waals surface area contributed by atoms with Gasteiger partial charge in [0.2, 0.25) is 5.91 Å². The van der Waals surface area contributed by atoms with E-state index in [9.17, 15) is 24.6 Å². The van der Waals surface area contributed by atoms with Crippen LogP contribution < -0.4 is 15.4 Å². The Kier molecular flexibility index (Phi) is 10.5. The molecule has 10 heteroatoms. The Morgan fingerprint density at radius 1 is 1.05 bits per heavy atom. The maximum absolute atomic E-state index is 13.9. The molecule has 2 aromatic carbocycles. The number of alkyl carbamates (subject to hydrolysis) is 1. The quantitative estimate of drug-likeness (QED) is 0.368. The van der Waals surface area contributed by atoms with Crippen LogP contribution in [0, 0.1) is 12.8 Å². The molecule has 2 atom stereocenters. The number of nitrogens with one attached hydrogen (secondary N) is 2. The standard InChI is InChI=1S/C28H39N3O7/c1-17(2)23(30-27(36)38-28(4,5)6)26(35)31(14-15-32)24(19-8-13-22(33)18(3)16-19)25(34)29-20-9-11-21(37-7)12-10-20/h8-13,16-17,23-24,32-33H,14-15H2,1-7H3,(H,29,34)(H,30,36). The Balaban J connectivity index is 2.50. The van der Waals surface area contributed by atoms with Gasteiger partial charge in [-0.1, -0.05) is 19.9 Å². The number of hydrogen-bond donors (Lipinski definition) is 4. The van der Waals surface area contributed by atoms with E-state index in [4.69, 9.17) is 9.47 Å². The van der Waals surface area contributed by atoms with Crippen LogP contribution >= 0.6 is 0 Å². The van der Waals surface area contributed by atoms with Gasteiger partial charge in [0.15, 0.2) is 0 Å². The number of carbonyl (C=O) groups excluding carboxylic acids is 3. The van der Waals surface area contributed by atoms with E-state index in [1.807, 2.05) is 0 Å². The predicted octanol–water partition coefficient (Wildman–Crippen LogP) is 3.76. The number of benzene rings is 2. The molecule has 0 bridgehead atoms. The van der Waals surface area contributed by atoms with Gasteiger partial charge in [0, 0.05) is 12.2 Å². The second-order valence-corrected chi connectivity index (χ2v) is 10.3. The van der Waals surface area contributed by atoms with Crippen molar-refractivity contribution in [1.29, 1.82) is 0 Å². The lowest BCUT2D eigenvalue weighted by Gasteiger charge is -2.35. The minimum Gasteiger partial charge on any atom is -0.508 e. The van der Waals surface area contributed by atoms with Crippen molar-refractivity contribution in [3.8, 4) is 11.5 Å². The third-order valence-corrected chi connectivity index (χ3v) is 5.68. The smallest absolute Gasteiger partial charge is 0.408 e. The Morgan fingerprint density at radius 3 is 2.18 bits per heavy atom. The van der Waals surface area contributed by atoms with Gasteiger partial charge < -0.3 is 35.2 Å². The maximum Gasteiger partial charge on any atom is 0.408 e. The Labute approximate surface area is 223 Å². The molecule has 3 amide bonds. The van der Waals surface area contributed by atoms with Crippen molar-refractivity contribution in [1.82, 2.24) is 10.2 Å². The van der Waals surface area contributed by atoms with Crippen LogP contribution in [0.15, 0.2) is 42.5 Å².